The molecule has 4 rings (SSSR count). The third-order valence-electron chi connectivity index (χ3n) is 5.19. The molecule has 0 saturated carbocycles. The van der Waals surface area contributed by atoms with E-state index in [4.69, 9.17) is 9.26 Å². The first-order valence-electron chi connectivity index (χ1n) is 9.48. The summed E-state index contributed by atoms with van der Waals surface area (Å²) in [5.41, 5.74) is 2.80. The summed E-state index contributed by atoms with van der Waals surface area (Å²) < 4.78 is 10.7. The number of ether oxygens (including phenoxy) is 1. The van der Waals surface area contributed by atoms with Crippen molar-refractivity contribution in [3.8, 4) is 17.1 Å². The zero-order valence-electron chi connectivity index (χ0n) is 16.1. The molecule has 1 aliphatic heterocycles. The number of rotatable bonds is 4. The molecule has 144 valence electrons. The summed E-state index contributed by atoms with van der Waals surface area (Å²) in [5.74, 6) is 2.26. The predicted molar refractivity (Wildman–Crippen MR) is 105 cm³/mol. The second-order valence-corrected chi connectivity index (χ2v) is 7.12. The minimum atomic E-state index is 0.0482. The lowest BCUT2D eigenvalue weighted by atomic mass is 9.96. The van der Waals surface area contributed by atoms with E-state index in [1.54, 1.807) is 19.2 Å². The third-order valence-corrected chi connectivity index (χ3v) is 5.19. The summed E-state index contributed by atoms with van der Waals surface area (Å²) in [7, 11) is 1.61. The molecule has 2 heterocycles. The van der Waals surface area contributed by atoms with Gasteiger partial charge >= 0.3 is 0 Å². The number of likely N-dealkylation sites (tertiary alicyclic amines) is 1. The molecular formula is C22H23N3O3. The number of hydrogen-bond donors (Lipinski definition) is 0. The van der Waals surface area contributed by atoms with Crippen LogP contribution < -0.4 is 4.74 Å². The minimum Gasteiger partial charge on any atom is -0.497 e. The molecule has 0 atom stereocenters. The van der Waals surface area contributed by atoms with Crippen LogP contribution >= 0.6 is 0 Å². The first-order chi connectivity index (χ1) is 13.6. The van der Waals surface area contributed by atoms with E-state index in [0.29, 0.717) is 30.4 Å². The van der Waals surface area contributed by atoms with Gasteiger partial charge in [-0.05, 0) is 50.1 Å². The van der Waals surface area contributed by atoms with Crippen molar-refractivity contribution in [3.63, 3.8) is 0 Å². The van der Waals surface area contributed by atoms with Gasteiger partial charge in [0.2, 0.25) is 11.7 Å². The highest BCUT2D eigenvalue weighted by molar-refractivity contribution is 5.94. The molecule has 3 aromatic rings. The highest BCUT2D eigenvalue weighted by Crippen LogP contribution is 2.29. The average molecular weight is 377 g/mol. The average Bonchev–Trinajstić information content (AvgIpc) is 3.24. The van der Waals surface area contributed by atoms with Crippen LogP contribution in [0.2, 0.25) is 0 Å². The minimum absolute atomic E-state index is 0.0482. The highest BCUT2D eigenvalue weighted by Gasteiger charge is 2.28. The molecule has 0 unspecified atom stereocenters. The molecule has 0 bridgehead atoms. The molecule has 1 fully saturated rings. The normalized spacial score (nSPS) is 14.9. The molecule has 1 saturated heterocycles. The first kappa shape index (κ1) is 18.2. The van der Waals surface area contributed by atoms with Crippen LogP contribution in [0.15, 0.2) is 53.1 Å². The van der Waals surface area contributed by atoms with Crippen LogP contribution in [0.4, 0.5) is 0 Å². The Labute approximate surface area is 164 Å². The number of aryl methyl sites for hydroxylation is 1. The molecule has 0 radical (unpaired) electrons. The second kappa shape index (κ2) is 7.84. The quantitative estimate of drug-likeness (QED) is 0.685. The SMILES string of the molecule is COc1ccc(C(=O)N2CCC(c3nc(-c4cccc(C)c4)no3)CC2)cc1. The summed E-state index contributed by atoms with van der Waals surface area (Å²) in [4.78, 5) is 19.2. The van der Waals surface area contributed by atoms with Crippen molar-refractivity contribution in [1.82, 2.24) is 15.0 Å². The van der Waals surface area contributed by atoms with E-state index >= 15 is 0 Å². The number of carbonyl (C=O) groups excluding carboxylic acids is 1. The van der Waals surface area contributed by atoms with Gasteiger partial charge in [-0.3, -0.25) is 4.79 Å². The summed E-state index contributed by atoms with van der Waals surface area (Å²) in [6, 6.07) is 15.3. The van der Waals surface area contributed by atoms with Crippen molar-refractivity contribution >= 4 is 5.91 Å². The van der Waals surface area contributed by atoms with Crippen molar-refractivity contribution in [3.05, 3.63) is 65.5 Å². The lowest BCUT2D eigenvalue weighted by Gasteiger charge is -2.30. The summed E-state index contributed by atoms with van der Waals surface area (Å²) >= 11 is 0. The number of methoxy groups -OCH3 is 1. The highest BCUT2D eigenvalue weighted by atomic mass is 16.5. The van der Waals surface area contributed by atoms with E-state index in [-0.39, 0.29) is 11.8 Å². The van der Waals surface area contributed by atoms with E-state index in [2.05, 4.69) is 10.1 Å². The van der Waals surface area contributed by atoms with Crippen molar-refractivity contribution in [2.75, 3.05) is 20.2 Å². The van der Waals surface area contributed by atoms with Crippen LogP contribution in [-0.2, 0) is 0 Å². The van der Waals surface area contributed by atoms with Gasteiger partial charge in [0.1, 0.15) is 5.75 Å². The smallest absolute Gasteiger partial charge is 0.253 e. The molecule has 2 aromatic carbocycles. The molecule has 28 heavy (non-hydrogen) atoms. The Bertz CT molecular complexity index is 957. The Morgan fingerprint density at radius 2 is 1.89 bits per heavy atom. The molecular weight excluding hydrogens is 354 g/mol. The van der Waals surface area contributed by atoms with Crippen LogP contribution in [0.3, 0.4) is 0 Å². The number of amides is 1. The van der Waals surface area contributed by atoms with E-state index < -0.39 is 0 Å². The molecule has 0 spiro atoms. The third kappa shape index (κ3) is 3.76. The Kier molecular flexibility index (Phi) is 5.10. The molecule has 1 aliphatic rings. The fourth-order valence-electron chi connectivity index (χ4n) is 3.55. The van der Waals surface area contributed by atoms with Gasteiger partial charge in [0, 0.05) is 30.1 Å². The topological polar surface area (TPSA) is 68.5 Å². The van der Waals surface area contributed by atoms with Crippen molar-refractivity contribution < 1.29 is 14.1 Å². The zero-order chi connectivity index (χ0) is 19.5. The Hall–Kier alpha value is -3.15. The lowest BCUT2D eigenvalue weighted by molar-refractivity contribution is 0.0704. The number of piperidine rings is 1. The van der Waals surface area contributed by atoms with E-state index in [0.717, 1.165) is 29.7 Å². The maximum absolute atomic E-state index is 12.7. The van der Waals surface area contributed by atoms with Gasteiger partial charge in [-0.25, -0.2) is 0 Å². The Morgan fingerprint density at radius 1 is 1.14 bits per heavy atom. The van der Waals surface area contributed by atoms with Gasteiger partial charge in [0.25, 0.3) is 5.91 Å². The summed E-state index contributed by atoms with van der Waals surface area (Å²) in [6.45, 7) is 3.40. The van der Waals surface area contributed by atoms with Crippen molar-refractivity contribution in [1.29, 1.82) is 0 Å². The van der Waals surface area contributed by atoms with Gasteiger partial charge < -0.3 is 14.2 Å². The molecule has 0 aliphatic carbocycles. The molecule has 1 amide bonds. The van der Waals surface area contributed by atoms with E-state index in [1.165, 1.54) is 0 Å². The monoisotopic (exact) mass is 377 g/mol. The van der Waals surface area contributed by atoms with Gasteiger partial charge in [-0.1, -0.05) is 28.9 Å². The Balaban J connectivity index is 1.39. The second-order valence-electron chi connectivity index (χ2n) is 7.12. The molecule has 1 aromatic heterocycles. The number of nitrogens with zero attached hydrogens (tertiary/aromatic N) is 3. The lowest BCUT2D eigenvalue weighted by Crippen LogP contribution is -2.37. The number of carbonyl (C=O) groups is 1. The van der Waals surface area contributed by atoms with Crippen molar-refractivity contribution in [2.24, 2.45) is 0 Å². The largest absolute Gasteiger partial charge is 0.497 e. The predicted octanol–water partition coefficient (Wildman–Crippen LogP) is 4.07. The fraction of sp³-hybridized carbons (Fsp3) is 0.318. The molecule has 6 heteroatoms. The maximum atomic E-state index is 12.7. The molecule has 0 N–H and O–H groups in total. The number of benzene rings is 2. The van der Waals surface area contributed by atoms with Crippen LogP contribution in [0, 0.1) is 6.92 Å². The summed E-state index contributed by atoms with van der Waals surface area (Å²) in [5, 5.41) is 4.14. The standard InChI is InChI=1S/C22H23N3O3/c1-15-4-3-5-18(14-15)20-23-21(28-24-20)16-10-12-25(13-11-16)22(26)17-6-8-19(27-2)9-7-17/h3-9,14,16H,10-13H2,1-2H3. The van der Waals surface area contributed by atoms with Crippen LogP contribution in [0.5, 0.6) is 5.75 Å². The van der Waals surface area contributed by atoms with Crippen LogP contribution in [0.25, 0.3) is 11.4 Å². The first-order valence-corrected chi connectivity index (χ1v) is 9.48. The van der Waals surface area contributed by atoms with Gasteiger partial charge in [0.05, 0.1) is 7.11 Å². The van der Waals surface area contributed by atoms with E-state index in [9.17, 15) is 4.79 Å². The number of aromatic nitrogens is 2. The van der Waals surface area contributed by atoms with Crippen LogP contribution in [-0.4, -0.2) is 41.1 Å². The Morgan fingerprint density at radius 3 is 2.57 bits per heavy atom. The number of hydrogen-bond acceptors (Lipinski definition) is 5. The maximum Gasteiger partial charge on any atom is 0.253 e. The van der Waals surface area contributed by atoms with Gasteiger partial charge in [0.15, 0.2) is 0 Å². The van der Waals surface area contributed by atoms with Gasteiger partial charge in [-0.15, -0.1) is 0 Å². The summed E-state index contributed by atoms with van der Waals surface area (Å²) in [6.07, 6.45) is 1.63. The van der Waals surface area contributed by atoms with Gasteiger partial charge in [-0.2, -0.15) is 4.98 Å². The van der Waals surface area contributed by atoms with Crippen LogP contribution in [0.1, 0.15) is 40.6 Å². The fourth-order valence-corrected chi connectivity index (χ4v) is 3.55. The molecule has 6 nitrogen and oxygen atoms in total. The zero-order valence-corrected chi connectivity index (χ0v) is 16.1. The van der Waals surface area contributed by atoms with Crippen molar-refractivity contribution in [2.45, 2.75) is 25.7 Å². The van der Waals surface area contributed by atoms with E-state index in [1.807, 2.05) is 48.2 Å².